The van der Waals surface area contributed by atoms with E-state index in [4.69, 9.17) is 0 Å². The Bertz CT molecular complexity index is 523. The van der Waals surface area contributed by atoms with Gasteiger partial charge in [-0.25, -0.2) is 0 Å². The number of phenols is 2. The maximum Gasteiger partial charge on any atom is 0.119 e. The van der Waals surface area contributed by atoms with Crippen LogP contribution in [0.25, 0.3) is 0 Å². The number of rotatable bonds is 4. The number of aromatic nitrogens is 1. The molecule has 1 aromatic heterocycles. The summed E-state index contributed by atoms with van der Waals surface area (Å²) < 4.78 is 0. The Hall–Kier alpha value is -2.07. The number of nitrogens with one attached hydrogen (secondary N) is 1. The standard InChI is InChI=1S/C15H18N2O2/c1-10(12-3-5-16-6-4-12)17-11(2)13-7-14(18)9-15(19)8-13/h3-11,17-19H,1-2H3/t10-,11?/m0/s1. The molecule has 4 nitrogen and oxygen atoms in total. The number of hydrogen-bond donors (Lipinski definition) is 3. The monoisotopic (exact) mass is 258 g/mol. The third-order valence-electron chi connectivity index (χ3n) is 3.13. The molecular weight excluding hydrogens is 240 g/mol. The highest BCUT2D eigenvalue weighted by Crippen LogP contribution is 2.26. The van der Waals surface area contributed by atoms with E-state index in [0.717, 1.165) is 11.1 Å². The van der Waals surface area contributed by atoms with Crippen LogP contribution >= 0.6 is 0 Å². The van der Waals surface area contributed by atoms with Gasteiger partial charge in [-0.3, -0.25) is 4.98 Å². The Morgan fingerprint density at radius 3 is 2.00 bits per heavy atom. The van der Waals surface area contributed by atoms with Gasteiger partial charge < -0.3 is 15.5 Å². The summed E-state index contributed by atoms with van der Waals surface area (Å²) in [5.74, 6) is 0.139. The van der Waals surface area contributed by atoms with E-state index in [1.165, 1.54) is 6.07 Å². The van der Waals surface area contributed by atoms with E-state index in [9.17, 15) is 10.2 Å². The predicted octanol–water partition coefficient (Wildman–Crippen LogP) is 2.90. The van der Waals surface area contributed by atoms with Crippen LogP contribution in [0, 0.1) is 0 Å². The first-order valence-electron chi connectivity index (χ1n) is 6.25. The van der Waals surface area contributed by atoms with Crippen molar-refractivity contribution in [3.8, 4) is 11.5 Å². The fourth-order valence-corrected chi connectivity index (χ4v) is 2.09. The lowest BCUT2D eigenvalue weighted by Gasteiger charge is -2.21. The maximum absolute atomic E-state index is 9.50. The summed E-state index contributed by atoms with van der Waals surface area (Å²) >= 11 is 0. The molecule has 2 rings (SSSR count). The molecule has 100 valence electrons. The van der Waals surface area contributed by atoms with Crippen molar-refractivity contribution in [2.75, 3.05) is 0 Å². The molecule has 1 heterocycles. The van der Waals surface area contributed by atoms with Gasteiger partial charge in [0, 0.05) is 30.5 Å². The third kappa shape index (κ3) is 3.45. The van der Waals surface area contributed by atoms with Crippen LogP contribution in [0.5, 0.6) is 11.5 Å². The lowest BCUT2D eigenvalue weighted by Crippen LogP contribution is -2.22. The molecule has 0 spiro atoms. The third-order valence-corrected chi connectivity index (χ3v) is 3.13. The van der Waals surface area contributed by atoms with Gasteiger partial charge in [0.25, 0.3) is 0 Å². The molecule has 0 aliphatic rings. The Balaban J connectivity index is 2.10. The number of phenolic OH excluding ortho intramolecular Hbond substituents is 2. The molecule has 0 saturated heterocycles. The zero-order chi connectivity index (χ0) is 13.8. The minimum atomic E-state index is 0.0150. The smallest absolute Gasteiger partial charge is 0.119 e. The first kappa shape index (κ1) is 13.4. The van der Waals surface area contributed by atoms with Crippen LogP contribution in [-0.4, -0.2) is 15.2 Å². The summed E-state index contributed by atoms with van der Waals surface area (Å²) in [6.45, 7) is 4.06. The molecule has 0 aliphatic carbocycles. The number of pyridine rings is 1. The molecule has 0 radical (unpaired) electrons. The molecule has 2 atom stereocenters. The van der Waals surface area contributed by atoms with Crippen LogP contribution in [-0.2, 0) is 0 Å². The lowest BCUT2D eigenvalue weighted by atomic mass is 10.0. The van der Waals surface area contributed by atoms with Crippen molar-refractivity contribution < 1.29 is 10.2 Å². The quantitative estimate of drug-likeness (QED) is 0.789. The number of nitrogens with zero attached hydrogens (tertiary/aromatic N) is 1. The van der Waals surface area contributed by atoms with Gasteiger partial charge in [-0.1, -0.05) is 0 Å². The van der Waals surface area contributed by atoms with Crippen LogP contribution in [0.2, 0.25) is 0 Å². The van der Waals surface area contributed by atoms with Gasteiger partial charge >= 0.3 is 0 Å². The molecule has 0 bridgehead atoms. The summed E-state index contributed by atoms with van der Waals surface area (Å²) in [6.07, 6.45) is 3.52. The summed E-state index contributed by atoms with van der Waals surface area (Å²) in [5.41, 5.74) is 1.99. The molecule has 2 aromatic rings. The number of aromatic hydroxyl groups is 2. The minimum Gasteiger partial charge on any atom is -0.508 e. The van der Waals surface area contributed by atoms with Gasteiger partial charge in [0.2, 0.25) is 0 Å². The highest BCUT2D eigenvalue weighted by molar-refractivity contribution is 5.38. The van der Waals surface area contributed by atoms with E-state index in [1.54, 1.807) is 24.5 Å². The number of hydrogen-bond acceptors (Lipinski definition) is 4. The molecule has 3 N–H and O–H groups in total. The Morgan fingerprint density at radius 2 is 1.42 bits per heavy atom. The van der Waals surface area contributed by atoms with Crippen LogP contribution < -0.4 is 5.32 Å². The van der Waals surface area contributed by atoms with E-state index in [2.05, 4.69) is 17.2 Å². The SMILES string of the molecule is CC(N[C@@H](C)c1ccncc1)c1cc(O)cc(O)c1. The zero-order valence-corrected chi connectivity index (χ0v) is 11.0. The maximum atomic E-state index is 9.50. The van der Waals surface area contributed by atoms with Crippen molar-refractivity contribution in [3.63, 3.8) is 0 Å². The second-order valence-corrected chi connectivity index (χ2v) is 4.67. The average molecular weight is 258 g/mol. The molecule has 1 unspecified atom stereocenters. The first-order valence-corrected chi connectivity index (χ1v) is 6.25. The summed E-state index contributed by atoms with van der Waals surface area (Å²) in [6, 6.07) is 8.72. The van der Waals surface area contributed by atoms with Crippen LogP contribution in [0.15, 0.2) is 42.7 Å². The molecule has 0 aliphatic heterocycles. The van der Waals surface area contributed by atoms with Crippen LogP contribution in [0.4, 0.5) is 0 Å². The van der Waals surface area contributed by atoms with E-state index < -0.39 is 0 Å². The minimum absolute atomic E-state index is 0.0150. The van der Waals surface area contributed by atoms with Gasteiger partial charge in [0.15, 0.2) is 0 Å². The molecule has 1 aromatic carbocycles. The van der Waals surface area contributed by atoms with Gasteiger partial charge in [0.1, 0.15) is 11.5 Å². The van der Waals surface area contributed by atoms with Crippen molar-refractivity contribution in [1.82, 2.24) is 10.3 Å². The molecule has 19 heavy (non-hydrogen) atoms. The molecule has 0 saturated carbocycles. The van der Waals surface area contributed by atoms with Gasteiger partial charge in [0.05, 0.1) is 0 Å². The summed E-state index contributed by atoms with van der Waals surface area (Å²) in [7, 11) is 0. The Morgan fingerprint density at radius 1 is 0.895 bits per heavy atom. The topological polar surface area (TPSA) is 65.4 Å². The normalized spacial score (nSPS) is 14.0. The zero-order valence-electron chi connectivity index (χ0n) is 11.0. The Labute approximate surface area is 112 Å². The Kier molecular flexibility index (Phi) is 4.02. The summed E-state index contributed by atoms with van der Waals surface area (Å²) in [5, 5.41) is 22.4. The second-order valence-electron chi connectivity index (χ2n) is 4.67. The van der Waals surface area contributed by atoms with Crippen LogP contribution in [0.3, 0.4) is 0 Å². The lowest BCUT2D eigenvalue weighted by molar-refractivity contribution is 0.442. The van der Waals surface area contributed by atoms with E-state index in [1.807, 2.05) is 19.1 Å². The van der Waals surface area contributed by atoms with E-state index >= 15 is 0 Å². The molecule has 0 amide bonds. The molecule has 4 heteroatoms. The van der Waals surface area contributed by atoms with Crippen molar-refractivity contribution in [3.05, 3.63) is 53.9 Å². The van der Waals surface area contributed by atoms with E-state index in [0.29, 0.717) is 0 Å². The van der Waals surface area contributed by atoms with Gasteiger partial charge in [-0.15, -0.1) is 0 Å². The van der Waals surface area contributed by atoms with E-state index in [-0.39, 0.29) is 23.6 Å². The average Bonchev–Trinajstić information content (AvgIpc) is 2.38. The number of benzene rings is 1. The van der Waals surface area contributed by atoms with Gasteiger partial charge in [-0.05, 0) is 49.2 Å². The largest absolute Gasteiger partial charge is 0.508 e. The van der Waals surface area contributed by atoms with Crippen molar-refractivity contribution in [2.45, 2.75) is 25.9 Å². The van der Waals surface area contributed by atoms with Gasteiger partial charge in [-0.2, -0.15) is 0 Å². The van der Waals surface area contributed by atoms with Crippen molar-refractivity contribution in [1.29, 1.82) is 0 Å². The molecular formula is C15H18N2O2. The highest BCUT2D eigenvalue weighted by atomic mass is 16.3. The fraction of sp³-hybridized carbons (Fsp3) is 0.267. The second kappa shape index (κ2) is 5.71. The first-order chi connectivity index (χ1) is 9.06. The predicted molar refractivity (Wildman–Crippen MR) is 74.0 cm³/mol. The van der Waals surface area contributed by atoms with Crippen LogP contribution in [0.1, 0.15) is 37.1 Å². The fourth-order valence-electron chi connectivity index (χ4n) is 2.09. The highest BCUT2D eigenvalue weighted by Gasteiger charge is 2.12. The summed E-state index contributed by atoms with van der Waals surface area (Å²) in [4.78, 5) is 3.99. The molecule has 0 fully saturated rings. The van der Waals surface area contributed by atoms with Crippen molar-refractivity contribution >= 4 is 0 Å². The van der Waals surface area contributed by atoms with Crippen molar-refractivity contribution in [2.24, 2.45) is 0 Å².